The number of esters is 1. The third-order valence-corrected chi connectivity index (χ3v) is 4.45. The average Bonchev–Trinajstić information content (AvgIpc) is 2.61. The van der Waals surface area contributed by atoms with E-state index in [1.807, 2.05) is 0 Å². The van der Waals surface area contributed by atoms with Gasteiger partial charge in [0.15, 0.2) is 5.96 Å². The number of nitrogens with one attached hydrogen (secondary N) is 1. The molecule has 0 aliphatic carbocycles. The fourth-order valence-corrected chi connectivity index (χ4v) is 3.04. The van der Waals surface area contributed by atoms with Gasteiger partial charge in [-0.25, -0.2) is 0 Å². The maximum Gasteiger partial charge on any atom is 0.308 e. The van der Waals surface area contributed by atoms with Crippen LogP contribution in [0, 0.1) is 5.92 Å². The van der Waals surface area contributed by atoms with E-state index >= 15 is 0 Å². The van der Waals surface area contributed by atoms with Crippen molar-refractivity contribution in [1.29, 1.82) is 0 Å². The summed E-state index contributed by atoms with van der Waals surface area (Å²) in [5.74, 6) is 0.912. The summed E-state index contributed by atoms with van der Waals surface area (Å²) in [6.07, 6.45) is 1.67. The van der Waals surface area contributed by atoms with Crippen LogP contribution in [0.5, 0.6) is 0 Å². The first-order chi connectivity index (χ1) is 11.2. The lowest BCUT2D eigenvalue weighted by atomic mass is 9.97. The molecule has 2 rings (SSSR count). The van der Waals surface area contributed by atoms with Crippen molar-refractivity contribution in [2.24, 2.45) is 10.9 Å². The fraction of sp³-hybridized carbons (Fsp3) is 0.875. The van der Waals surface area contributed by atoms with Crippen LogP contribution in [0.4, 0.5) is 0 Å². The van der Waals surface area contributed by atoms with Crippen molar-refractivity contribution < 1.29 is 14.3 Å². The number of rotatable bonds is 5. The van der Waals surface area contributed by atoms with Crippen LogP contribution in [-0.2, 0) is 14.3 Å². The molecular formula is C16H31IN4O3. The van der Waals surface area contributed by atoms with Crippen LogP contribution in [0.25, 0.3) is 0 Å². The zero-order valence-corrected chi connectivity index (χ0v) is 17.2. The number of halogens is 1. The van der Waals surface area contributed by atoms with Crippen molar-refractivity contribution >= 4 is 35.9 Å². The normalized spacial score (nSPS) is 20.4. The number of piperidine rings is 1. The molecule has 0 aromatic carbocycles. The van der Waals surface area contributed by atoms with Crippen molar-refractivity contribution in [2.75, 3.05) is 66.1 Å². The molecular weight excluding hydrogens is 423 g/mol. The molecule has 1 N–H and O–H groups in total. The van der Waals surface area contributed by atoms with Crippen LogP contribution in [0.2, 0.25) is 0 Å². The summed E-state index contributed by atoms with van der Waals surface area (Å²) in [6, 6.07) is 0. The Kier molecular flexibility index (Phi) is 10.6. The zero-order valence-electron chi connectivity index (χ0n) is 14.8. The van der Waals surface area contributed by atoms with E-state index in [0.29, 0.717) is 0 Å². The smallest absolute Gasteiger partial charge is 0.308 e. The highest BCUT2D eigenvalue weighted by molar-refractivity contribution is 14.0. The van der Waals surface area contributed by atoms with E-state index in [-0.39, 0.29) is 35.9 Å². The number of hydrogen-bond acceptors (Lipinski definition) is 5. The summed E-state index contributed by atoms with van der Waals surface area (Å²) in [5, 5.41) is 3.36. The van der Waals surface area contributed by atoms with Crippen molar-refractivity contribution in [3.8, 4) is 0 Å². The Morgan fingerprint density at radius 1 is 1.25 bits per heavy atom. The molecule has 0 atom stereocenters. The van der Waals surface area contributed by atoms with E-state index in [0.717, 1.165) is 77.8 Å². The molecule has 2 heterocycles. The minimum Gasteiger partial charge on any atom is -0.469 e. The number of likely N-dealkylation sites (tertiary alicyclic amines) is 1. The number of carbonyl (C=O) groups is 1. The highest BCUT2D eigenvalue weighted by atomic mass is 127. The summed E-state index contributed by atoms with van der Waals surface area (Å²) in [5.41, 5.74) is 0. The molecule has 24 heavy (non-hydrogen) atoms. The van der Waals surface area contributed by atoms with Crippen LogP contribution in [0.15, 0.2) is 4.99 Å². The molecule has 0 radical (unpaired) electrons. The number of guanidine groups is 1. The van der Waals surface area contributed by atoms with E-state index in [4.69, 9.17) is 14.5 Å². The predicted octanol–water partition coefficient (Wildman–Crippen LogP) is 0.787. The second-order valence-electron chi connectivity index (χ2n) is 5.97. The van der Waals surface area contributed by atoms with E-state index < -0.39 is 0 Å². The van der Waals surface area contributed by atoms with Crippen LogP contribution >= 0.6 is 24.0 Å². The van der Waals surface area contributed by atoms with E-state index in [2.05, 4.69) is 22.0 Å². The first kappa shape index (κ1) is 21.4. The van der Waals surface area contributed by atoms with Crippen molar-refractivity contribution in [3.63, 3.8) is 0 Å². The topological polar surface area (TPSA) is 66.4 Å². The van der Waals surface area contributed by atoms with Gasteiger partial charge in [-0.3, -0.25) is 14.7 Å². The average molecular weight is 454 g/mol. The lowest BCUT2D eigenvalue weighted by Crippen LogP contribution is -2.47. The van der Waals surface area contributed by atoms with Crippen molar-refractivity contribution in [1.82, 2.24) is 15.1 Å². The fourth-order valence-electron chi connectivity index (χ4n) is 3.04. The second kappa shape index (κ2) is 11.9. The molecule has 0 aromatic rings. The quantitative estimate of drug-likeness (QED) is 0.287. The van der Waals surface area contributed by atoms with Gasteiger partial charge >= 0.3 is 5.97 Å². The molecule has 0 amide bonds. The Hall–Kier alpha value is -0.610. The van der Waals surface area contributed by atoms with Gasteiger partial charge in [-0.2, -0.15) is 0 Å². The van der Waals surface area contributed by atoms with Crippen molar-refractivity contribution in [3.05, 3.63) is 0 Å². The van der Waals surface area contributed by atoms with Gasteiger partial charge in [-0.05, 0) is 19.8 Å². The van der Waals surface area contributed by atoms with Gasteiger partial charge in [0.2, 0.25) is 0 Å². The molecule has 0 bridgehead atoms. The molecule has 2 aliphatic rings. The number of hydrogen-bond donors (Lipinski definition) is 1. The summed E-state index contributed by atoms with van der Waals surface area (Å²) < 4.78 is 10.2. The minimum absolute atomic E-state index is 0. The van der Waals surface area contributed by atoms with Crippen LogP contribution < -0.4 is 5.32 Å². The van der Waals surface area contributed by atoms with Gasteiger partial charge in [0.05, 0.1) is 32.8 Å². The highest BCUT2D eigenvalue weighted by Gasteiger charge is 2.26. The second-order valence-corrected chi connectivity index (χ2v) is 5.97. The van der Waals surface area contributed by atoms with Crippen LogP contribution in [0.1, 0.15) is 19.8 Å². The standard InChI is InChI=1S/C16H30N4O3.HI/c1-3-17-16(18-6-9-19-10-12-23-13-11-19)20-7-4-14(5-8-20)15(21)22-2;/h14H,3-13H2,1-2H3,(H,17,18);1H. The number of methoxy groups -OCH3 is 1. The summed E-state index contributed by atoms with van der Waals surface area (Å²) in [6.45, 7) is 10.0. The van der Waals surface area contributed by atoms with Gasteiger partial charge in [-0.15, -0.1) is 24.0 Å². The molecule has 140 valence electrons. The first-order valence-corrected chi connectivity index (χ1v) is 8.65. The summed E-state index contributed by atoms with van der Waals surface area (Å²) >= 11 is 0. The maximum atomic E-state index is 11.6. The van der Waals surface area contributed by atoms with Crippen molar-refractivity contribution in [2.45, 2.75) is 19.8 Å². The molecule has 2 saturated heterocycles. The third kappa shape index (κ3) is 6.72. The maximum absolute atomic E-state index is 11.6. The van der Waals surface area contributed by atoms with Gasteiger partial charge in [0, 0.05) is 39.3 Å². The predicted molar refractivity (Wildman–Crippen MR) is 105 cm³/mol. The van der Waals surface area contributed by atoms with Gasteiger partial charge < -0.3 is 19.7 Å². The Bertz CT molecular complexity index is 395. The monoisotopic (exact) mass is 454 g/mol. The van der Waals surface area contributed by atoms with E-state index in [1.54, 1.807) is 0 Å². The van der Waals surface area contributed by atoms with Crippen LogP contribution in [-0.4, -0.2) is 87.9 Å². The lowest BCUT2D eigenvalue weighted by molar-refractivity contribution is -0.146. The van der Waals surface area contributed by atoms with E-state index in [1.165, 1.54) is 7.11 Å². The summed E-state index contributed by atoms with van der Waals surface area (Å²) in [7, 11) is 1.46. The van der Waals surface area contributed by atoms with E-state index in [9.17, 15) is 4.79 Å². The Morgan fingerprint density at radius 3 is 2.50 bits per heavy atom. The molecule has 2 aliphatic heterocycles. The summed E-state index contributed by atoms with van der Waals surface area (Å²) in [4.78, 5) is 21.0. The minimum atomic E-state index is -0.0843. The van der Waals surface area contributed by atoms with Gasteiger partial charge in [0.25, 0.3) is 0 Å². The van der Waals surface area contributed by atoms with Gasteiger partial charge in [-0.1, -0.05) is 0 Å². The molecule has 2 fully saturated rings. The Labute approximate surface area is 162 Å². The molecule has 0 unspecified atom stereocenters. The largest absolute Gasteiger partial charge is 0.469 e. The lowest BCUT2D eigenvalue weighted by Gasteiger charge is -2.33. The third-order valence-electron chi connectivity index (χ3n) is 4.45. The number of carbonyl (C=O) groups excluding carboxylic acids is 1. The molecule has 0 spiro atoms. The molecule has 8 heteroatoms. The zero-order chi connectivity index (χ0) is 16.5. The highest BCUT2D eigenvalue weighted by Crippen LogP contribution is 2.18. The number of morpholine rings is 1. The van der Waals surface area contributed by atoms with Crippen LogP contribution in [0.3, 0.4) is 0 Å². The number of ether oxygens (including phenoxy) is 2. The SMILES string of the molecule is CCNC(=NCCN1CCOCC1)N1CCC(C(=O)OC)CC1.I. The molecule has 0 aromatic heterocycles. The number of nitrogens with zero attached hydrogens (tertiary/aromatic N) is 3. The van der Waals surface area contributed by atoms with Gasteiger partial charge in [0.1, 0.15) is 0 Å². The molecule has 7 nitrogen and oxygen atoms in total. The number of aliphatic imine (C=N–C) groups is 1. The first-order valence-electron chi connectivity index (χ1n) is 8.65. The molecule has 0 saturated carbocycles. The Morgan fingerprint density at radius 2 is 1.92 bits per heavy atom. The Balaban J connectivity index is 0.00000288.